The van der Waals surface area contributed by atoms with Crippen molar-refractivity contribution in [1.29, 1.82) is 0 Å². The van der Waals surface area contributed by atoms with Crippen LogP contribution in [0.2, 0.25) is 5.02 Å². The van der Waals surface area contributed by atoms with Gasteiger partial charge >= 0.3 is 0 Å². The molecule has 0 N–H and O–H groups in total. The number of anilines is 1. The van der Waals surface area contributed by atoms with Crippen LogP contribution in [-0.4, -0.2) is 92.9 Å². The molecule has 1 aromatic heterocycles. The Hall–Kier alpha value is -2.70. The molecule has 6 rings (SSSR count). The van der Waals surface area contributed by atoms with Gasteiger partial charge in [0.15, 0.2) is 5.72 Å². The molecular formula is C26H29ClN4O6S. The lowest BCUT2D eigenvalue weighted by atomic mass is 9.91. The number of hydrogen-bond acceptors (Lipinski definition) is 8. The molecule has 5 heterocycles. The average molecular weight is 561 g/mol. The van der Waals surface area contributed by atoms with E-state index in [1.165, 1.54) is 11.4 Å². The number of rotatable bonds is 5. The molecule has 12 heteroatoms. The van der Waals surface area contributed by atoms with E-state index in [4.69, 9.17) is 25.8 Å². The molecule has 2 aromatic rings. The predicted octanol–water partition coefficient (Wildman–Crippen LogP) is 2.35. The van der Waals surface area contributed by atoms with Crippen LogP contribution >= 0.6 is 11.6 Å². The Morgan fingerprint density at radius 2 is 1.89 bits per heavy atom. The molecule has 1 unspecified atom stereocenters. The second kappa shape index (κ2) is 9.49. The summed E-state index contributed by atoms with van der Waals surface area (Å²) >= 11 is 6.04. The van der Waals surface area contributed by atoms with E-state index < -0.39 is 21.3 Å². The number of methoxy groups -OCH3 is 1. The quantitative estimate of drug-likeness (QED) is 0.549. The van der Waals surface area contributed by atoms with Crippen molar-refractivity contribution in [2.45, 2.75) is 24.2 Å². The van der Waals surface area contributed by atoms with Crippen molar-refractivity contribution in [2.75, 3.05) is 57.9 Å². The summed E-state index contributed by atoms with van der Waals surface area (Å²) in [5, 5.41) is 0.505. The molecule has 38 heavy (non-hydrogen) atoms. The number of nitrogens with zero attached hydrogens (tertiary/aromatic N) is 4. The maximum atomic E-state index is 13.7. The van der Waals surface area contributed by atoms with Crippen LogP contribution in [0.4, 0.5) is 5.69 Å². The van der Waals surface area contributed by atoms with Crippen molar-refractivity contribution in [3.8, 4) is 5.75 Å². The van der Waals surface area contributed by atoms with Crippen LogP contribution in [0.3, 0.4) is 0 Å². The van der Waals surface area contributed by atoms with E-state index in [1.807, 2.05) is 12.1 Å². The van der Waals surface area contributed by atoms with Gasteiger partial charge in [-0.15, -0.1) is 0 Å². The normalized spacial score (nSPS) is 25.1. The third-order valence-electron chi connectivity index (χ3n) is 7.79. The molecule has 4 aliphatic rings. The minimum Gasteiger partial charge on any atom is -0.487 e. The number of piperidine rings is 1. The highest BCUT2D eigenvalue weighted by Crippen LogP contribution is 2.44. The summed E-state index contributed by atoms with van der Waals surface area (Å²) in [5.74, 6) is 0.224. The summed E-state index contributed by atoms with van der Waals surface area (Å²) in [5.41, 5.74) is -0.0504. The lowest BCUT2D eigenvalue weighted by Gasteiger charge is -2.45. The van der Waals surface area contributed by atoms with Gasteiger partial charge in [0.25, 0.3) is 0 Å². The van der Waals surface area contributed by atoms with E-state index in [0.29, 0.717) is 35.7 Å². The zero-order valence-corrected chi connectivity index (χ0v) is 22.6. The van der Waals surface area contributed by atoms with E-state index in [0.717, 1.165) is 18.8 Å². The SMILES string of the molecule is COCC12CN(S(=O)(=O)C3=Cc4ccc(Cl)cc4OC3)CC(=O)N1CC1(CCN(c3ccncc3)CC1)O2. The first-order chi connectivity index (χ1) is 18.2. The summed E-state index contributed by atoms with van der Waals surface area (Å²) in [6.07, 6.45) is 6.53. The van der Waals surface area contributed by atoms with Gasteiger partial charge in [-0.3, -0.25) is 9.78 Å². The van der Waals surface area contributed by atoms with E-state index in [1.54, 1.807) is 41.6 Å². The fourth-order valence-corrected chi connectivity index (χ4v) is 7.52. The van der Waals surface area contributed by atoms with Gasteiger partial charge in [0, 0.05) is 48.9 Å². The highest BCUT2D eigenvalue weighted by molar-refractivity contribution is 7.93. The summed E-state index contributed by atoms with van der Waals surface area (Å²) < 4.78 is 46.6. The summed E-state index contributed by atoms with van der Waals surface area (Å²) in [6.45, 7) is 1.56. The van der Waals surface area contributed by atoms with Gasteiger partial charge in [-0.05, 0) is 49.2 Å². The van der Waals surface area contributed by atoms with Crippen molar-refractivity contribution >= 4 is 39.3 Å². The Kier molecular flexibility index (Phi) is 6.39. The number of sulfonamides is 1. The zero-order valence-electron chi connectivity index (χ0n) is 21.0. The van der Waals surface area contributed by atoms with Crippen LogP contribution < -0.4 is 9.64 Å². The number of pyridine rings is 1. The highest BCUT2D eigenvalue weighted by Gasteiger charge is 2.61. The molecule has 4 aliphatic heterocycles. The molecule has 3 fully saturated rings. The molecular weight excluding hydrogens is 532 g/mol. The molecule has 1 atom stereocenters. The second-order valence-corrected chi connectivity index (χ2v) is 12.6. The summed E-state index contributed by atoms with van der Waals surface area (Å²) in [4.78, 5) is 21.6. The molecule has 3 saturated heterocycles. The highest BCUT2D eigenvalue weighted by atomic mass is 35.5. The first kappa shape index (κ1) is 25.6. The largest absolute Gasteiger partial charge is 0.487 e. The molecule has 1 aromatic carbocycles. The van der Waals surface area contributed by atoms with Crippen LogP contribution in [0, 0.1) is 0 Å². The predicted molar refractivity (Wildman–Crippen MR) is 141 cm³/mol. The zero-order chi connectivity index (χ0) is 26.5. The van der Waals surface area contributed by atoms with Crippen LogP contribution in [-0.2, 0) is 24.3 Å². The van der Waals surface area contributed by atoms with Crippen LogP contribution in [0.25, 0.3) is 6.08 Å². The number of ether oxygens (including phenoxy) is 3. The third kappa shape index (κ3) is 4.36. The molecule has 0 radical (unpaired) electrons. The number of fused-ring (bicyclic) bond motifs is 2. The summed E-state index contributed by atoms with van der Waals surface area (Å²) in [6, 6.07) is 9.00. The number of amides is 1. The number of halogens is 1. The number of carbonyl (C=O) groups excluding carboxylic acids is 1. The van der Waals surface area contributed by atoms with Gasteiger partial charge in [0.05, 0.1) is 36.7 Å². The molecule has 0 saturated carbocycles. The maximum Gasteiger partial charge on any atom is 0.243 e. The molecule has 0 bridgehead atoms. The number of hydrogen-bond donors (Lipinski definition) is 0. The lowest BCUT2D eigenvalue weighted by molar-refractivity contribution is -0.194. The first-order valence-electron chi connectivity index (χ1n) is 12.5. The van der Waals surface area contributed by atoms with Crippen molar-refractivity contribution < 1.29 is 27.4 Å². The Labute approximate surface area is 226 Å². The van der Waals surface area contributed by atoms with Gasteiger partial charge in [-0.25, -0.2) is 8.42 Å². The van der Waals surface area contributed by atoms with Crippen molar-refractivity contribution in [2.24, 2.45) is 0 Å². The van der Waals surface area contributed by atoms with Gasteiger partial charge in [-0.1, -0.05) is 11.6 Å². The van der Waals surface area contributed by atoms with Gasteiger partial charge in [0.2, 0.25) is 15.9 Å². The monoisotopic (exact) mass is 560 g/mol. The number of carbonyl (C=O) groups is 1. The molecule has 1 amide bonds. The first-order valence-corrected chi connectivity index (χ1v) is 14.3. The van der Waals surface area contributed by atoms with Gasteiger partial charge in [0.1, 0.15) is 12.4 Å². The number of piperazine rings is 1. The number of aromatic nitrogens is 1. The van der Waals surface area contributed by atoms with E-state index in [2.05, 4.69) is 9.88 Å². The van der Waals surface area contributed by atoms with Crippen LogP contribution in [0.1, 0.15) is 18.4 Å². The average Bonchev–Trinajstić information content (AvgIpc) is 3.23. The van der Waals surface area contributed by atoms with Crippen LogP contribution in [0.5, 0.6) is 5.75 Å². The third-order valence-corrected chi connectivity index (χ3v) is 9.86. The smallest absolute Gasteiger partial charge is 0.243 e. The fraction of sp³-hybridized carbons (Fsp3) is 0.462. The Morgan fingerprint density at radius 3 is 2.63 bits per heavy atom. The fourth-order valence-electron chi connectivity index (χ4n) is 5.89. The minimum atomic E-state index is -4.01. The minimum absolute atomic E-state index is 0.0183. The summed E-state index contributed by atoms with van der Waals surface area (Å²) in [7, 11) is -2.48. The van der Waals surface area contributed by atoms with Crippen molar-refractivity contribution in [3.63, 3.8) is 0 Å². The standard InChI is InChI=1S/C26H29ClN4O6S/c1-35-18-26-17-30(38(33,34)22-12-19-2-3-20(27)13-23(19)36-15-22)14-24(32)31(26)16-25(37-26)6-10-29(11-7-25)21-4-8-28-9-5-21/h2-5,8-9,12-13H,6-7,10-11,14-18H2,1H3. The van der Waals surface area contributed by atoms with E-state index in [-0.39, 0.29) is 37.1 Å². The number of benzene rings is 1. The van der Waals surface area contributed by atoms with E-state index >= 15 is 0 Å². The Balaban J connectivity index is 1.25. The molecule has 10 nitrogen and oxygen atoms in total. The van der Waals surface area contributed by atoms with Crippen molar-refractivity contribution in [1.82, 2.24) is 14.2 Å². The maximum absolute atomic E-state index is 13.7. The second-order valence-electron chi connectivity index (χ2n) is 10.2. The van der Waals surface area contributed by atoms with Gasteiger partial charge < -0.3 is 24.0 Å². The Bertz CT molecular complexity index is 1380. The molecule has 1 spiro atoms. The lowest BCUT2D eigenvalue weighted by Crippen LogP contribution is -2.65. The topological polar surface area (TPSA) is 102 Å². The molecule has 202 valence electrons. The Morgan fingerprint density at radius 1 is 1.13 bits per heavy atom. The van der Waals surface area contributed by atoms with E-state index in [9.17, 15) is 13.2 Å². The van der Waals surface area contributed by atoms with Crippen LogP contribution in [0.15, 0.2) is 47.6 Å². The molecule has 0 aliphatic carbocycles. The van der Waals surface area contributed by atoms with Gasteiger partial charge in [-0.2, -0.15) is 4.31 Å². The van der Waals surface area contributed by atoms with Crippen molar-refractivity contribution in [3.05, 3.63) is 58.2 Å².